The van der Waals surface area contributed by atoms with E-state index in [9.17, 15) is 15.8 Å². The molecular weight excluding hydrogens is 1030 g/mol. The molecule has 0 bridgehead atoms. The van der Waals surface area contributed by atoms with E-state index in [0.717, 1.165) is 100 Å². The average molecular weight is 1060 g/mol. The first kappa shape index (κ1) is 42.9. The van der Waals surface area contributed by atoms with Crippen LogP contribution in [-0.2, 0) is 19.4 Å². The second-order valence-electron chi connectivity index (χ2n) is 16.3. The quantitative estimate of drug-likeness (QED) is 0.0797. The van der Waals surface area contributed by atoms with Crippen LogP contribution in [0.25, 0.3) is 111 Å². The number of benzene rings is 7. The molecule has 0 saturated heterocycles. The Kier molecular flexibility index (Phi) is 11.1. The molecule has 4 aromatic heterocycles. The predicted molar refractivity (Wildman–Crippen MR) is 272 cm³/mol. The van der Waals surface area contributed by atoms with E-state index >= 15 is 0 Å². The summed E-state index contributed by atoms with van der Waals surface area (Å²) >= 11 is 1.23. The SMILES string of the molecule is [C-]#[N+]c1ccc(-c2c(C([CH]=[W])=CC=CC#N)nc3c4ccccc4nc(-c4ccc(-c5ccc(-c6nc7ccccc7c7nc(-c8ccc(C#N)cc8)c(-c8ccc(C#N)cc8)n67)cc5)cc4)n23)cc1. The van der Waals surface area contributed by atoms with Gasteiger partial charge in [-0.15, -0.1) is 0 Å². The first-order chi connectivity index (χ1) is 34.5. The summed E-state index contributed by atoms with van der Waals surface area (Å²) in [4.78, 5) is 24.8. The van der Waals surface area contributed by atoms with Crippen molar-refractivity contribution in [2.24, 2.45) is 0 Å². The molecule has 0 N–H and O–H groups in total. The molecule has 11 aromatic rings. The summed E-state index contributed by atoms with van der Waals surface area (Å²) in [5.41, 5.74) is 15.1. The zero-order chi connectivity index (χ0) is 47.7. The summed E-state index contributed by atoms with van der Waals surface area (Å²) in [6.45, 7) is 7.59. The Morgan fingerprint density at radius 3 is 1.49 bits per heavy atom. The van der Waals surface area contributed by atoms with Gasteiger partial charge in [0.15, 0.2) is 0 Å². The summed E-state index contributed by atoms with van der Waals surface area (Å²) < 4.78 is 6.28. The van der Waals surface area contributed by atoms with Gasteiger partial charge in [-0.25, -0.2) is 9.97 Å². The van der Waals surface area contributed by atoms with Crippen LogP contribution in [0, 0.1) is 40.6 Å². The fourth-order valence-corrected chi connectivity index (χ4v) is 9.56. The number of nitrogens with zero attached hydrogens (tertiary/aromatic N) is 10. The summed E-state index contributed by atoms with van der Waals surface area (Å²) in [5.74, 6) is 1.41. The van der Waals surface area contributed by atoms with Crippen LogP contribution in [0.5, 0.6) is 0 Å². The Balaban J connectivity index is 1.04. The zero-order valence-electron chi connectivity index (χ0n) is 36.9. The van der Waals surface area contributed by atoms with E-state index in [4.69, 9.17) is 26.5 Å². The molecule has 0 atom stereocenters. The van der Waals surface area contributed by atoms with Crippen LogP contribution in [-0.4, -0.2) is 33.1 Å². The van der Waals surface area contributed by atoms with E-state index in [-0.39, 0.29) is 0 Å². The van der Waals surface area contributed by atoms with Gasteiger partial charge in [0.25, 0.3) is 0 Å². The second-order valence-corrected chi connectivity index (χ2v) is 17.1. The first-order valence-electron chi connectivity index (χ1n) is 22.0. The predicted octanol–water partition coefficient (Wildman–Crippen LogP) is 13.2. The number of imidazole rings is 2. The fourth-order valence-electron chi connectivity index (χ4n) is 8.88. The molecular formula is C59H32N10W. The third kappa shape index (κ3) is 7.54. The Bertz CT molecular complexity index is 4140. The Hall–Kier alpha value is -9.70. The minimum atomic E-state index is 0.538. The molecule has 70 heavy (non-hydrogen) atoms. The third-order valence-corrected chi connectivity index (χ3v) is 13.1. The first-order valence-corrected chi connectivity index (χ1v) is 23.7. The molecule has 7 aromatic carbocycles. The number of rotatable bonds is 9. The fraction of sp³-hybridized carbons (Fsp3) is 0. The number of fused-ring (bicyclic) bond motifs is 6. The second kappa shape index (κ2) is 18.2. The third-order valence-electron chi connectivity index (χ3n) is 12.2. The van der Waals surface area contributed by atoms with Crippen LogP contribution in [0.3, 0.4) is 0 Å². The molecule has 0 spiro atoms. The Morgan fingerprint density at radius 2 is 0.971 bits per heavy atom. The Labute approximate surface area is 412 Å². The normalized spacial score (nSPS) is 11.5. The van der Waals surface area contributed by atoms with Gasteiger partial charge >= 0.3 is 231 Å². The topological polar surface area (TPSA) is 136 Å². The van der Waals surface area contributed by atoms with Crippen LogP contribution < -0.4 is 0 Å². The molecule has 0 aliphatic rings. The van der Waals surface area contributed by atoms with Crippen molar-refractivity contribution in [3.8, 4) is 85.9 Å². The summed E-state index contributed by atoms with van der Waals surface area (Å²) in [5, 5.41) is 30.3. The van der Waals surface area contributed by atoms with Crippen LogP contribution in [0.2, 0.25) is 0 Å². The number of nitriles is 3. The molecule has 0 amide bonds. The van der Waals surface area contributed by atoms with Gasteiger partial charge in [0.05, 0.1) is 40.2 Å². The van der Waals surface area contributed by atoms with Gasteiger partial charge in [-0.2, -0.15) is 10.5 Å². The van der Waals surface area contributed by atoms with E-state index in [1.165, 1.54) is 25.4 Å². The van der Waals surface area contributed by atoms with Gasteiger partial charge in [-0.05, 0) is 36.4 Å². The van der Waals surface area contributed by atoms with Crippen molar-refractivity contribution < 1.29 is 19.4 Å². The molecule has 0 saturated carbocycles. The van der Waals surface area contributed by atoms with Gasteiger partial charge in [-0.1, -0.05) is 48.5 Å². The van der Waals surface area contributed by atoms with Gasteiger partial charge in [0, 0.05) is 22.1 Å². The standard InChI is InChI=1S/C59H32N10.W/c1-37(9-7-8-34-60)52-54(44-30-32-47(63-2)33-31-44)68-56(64-50-12-5-3-10-48(50)58(68)66-52)45-26-22-40(23-27-45)41-24-28-46(29-25-41)57-65-51-13-6-4-11-49(51)59-67-53(42-18-14-38(35-61)15-19-42)55(69(57)59)43-20-16-39(36-62)17-21-43;/h1,3-33H;. The molecule has 0 aliphatic carbocycles. The van der Waals surface area contributed by atoms with Crippen LogP contribution in [0.15, 0.2) is 188 Å². The van der Waals surface area contributed by atoms with Crippen molar-refractivity contribution in [3.63, 3.8) is 0 Å². The van der Waals surface area contributed by atoms with Crippen molar-refractivity contribution in [2.75, 3.05) is 0 Å². The Morgan fingerprint density at radius 1 is 0.514 bits per heavy atom. The van der Waals surface area contributed by atoms with Crippen LogP contribution in [0.4, 0.5) is 5.69 Å². The van der Waals surface area contributed by atoms with Crippen molar-refractivity contribution in [1.82, 2.24) is 28.7 Å². The van der Waals surface area contributed by atoms with E-state index < -0.39 is 0 Å². The molecule has 0 aliphatic heterocycles. The summed E-state index contributed by atoms with van der Waals surface area (Å²) in [6.07, 6.45) is 5.08. The molecule has 10 nitrogen and oxygen atoms in total. The zero-order valence-corrected chi connectivity index (χ0v) is 39.8. The number of hydrogen-bond donors (Lipinski definition) is 0. The molecule has 324 valence electrons. The number of hydrogen-bond acceptors (Lipinski definition) is 7. The molecule has 0 unspecified atom stereocenters. The van der Waals surface area contributed by atoms with E-state index in [0.29, 0.717) is 28.5 Å². The van der Waals surface area contributed by atoms with Crippen molar-refractivity contribution in [3.05, 3.63) is 216 Å². The summed E-state index contributed by atoms with van der Waals surface area (Å²) in [7, 11) is 0. The van der Waals surface area contributed by atoms with Gasteiger partial charge in [0.2, 0.25) is 0 Å². The molecule has 4 heterocycles. The number of para-hydroxylation sites is 2. The number of aromatic nitrogens is 6. The summed E-state index contributed by atoms with van der Waals surface area (Å²) in [6, 6.07) is 61.7. The monoisotopic (exact) mass is 1060 g/mol. The molecule has 0 fully saturated rings. The van der Waals surface area contributed by atoms with E-state index in [2.05, 4.69) is 84.8 Å². The van der Waals surface area contributed by atoms with Crippen molar-refractivity contribution in [1.29, 1.82) is 15.8 Å². The van der Waals surface area contributed by atoms with Crippen molar-refractivity contribution >= 4 is 48.8 Å². The van der Waals surface area contributed by atoms with E-state index in [1.54, 1.807) is 18.2 Å². The number of allylic oxidation sites excluding steroid dienone is 4. The molecule has 0 radical (unpaired) electrons. The van der Waals surface area contributed by atoms with Crippen LogP contribution in [0.1, 0.15) is 16.8 Å². The van der Waals surface area contributed by atoms with E-state index in [1.807, 2.05) is 115 Å². The van der Waals surface area contributed by atoms with Crippen molar-refractivity contribution in [2.45, 2.75) is 0 Å². The van der Waals surface area contributed by atoms with Crippen LogP contribution >= 0.6 is 0 Å². The van der Waals surface area contributed by atoms with Gasteiger partial charge in [0.1, 0.15) is 11.5 Å². The maximum atomic E-state index is 9.66. The average Bonchev–Trinajstić information content (AvgIpc) is 4.03. The minimum absolute atomic E-state index is 0.538. The molecule has 11 rings (SSSR count). The molecule has 11 heteroatoms. The van der Waals surface area contributed by atoms with Gasteiger partial charge in [-0.3, -0.25) is 4.40 Å². The maximum absolute atomic E-state index is 9.66. The van der Waals surface area contributed by atoms with Gasteiger partial charge < -0.3 is 0 Å².